The van der Waals surface area contributed by atoms with E-state index in [1.807, 2.05) is 23.1 Å². The van der Waals surface area contributed by atoms with Crippen LogP contribution >= 0.6 is 0 Å². The minimum Gasteiger partial charge on any atom is -0.338 e. The molecule has 1 aliphatic rings. The van der Waals surface area contributed by atoms with Gasteiger partial charge in [0.15, 0.2) is 0 Å². The maximum atomic E-state index is 13.1. The van der Waals surface area contributed by atoms with Crippen molar-refractivity contribution in [2.24, 2.45) is 0 Å². The number of pyridine rings is 1. The van der Waals surface area contributed by atoms with Crippen molar-refractivity contribution in [3.05, 3.63) is 72.3 Å². The molecule has 0 aliphatic carbocycles. The van der Waals surface area contributed by atoms with Crippen LogP contribution in [0.25, 0.3) is 0 Å². The number of hydroxylamine groups is 2. The number of aryl methyl sites for hydroxylation is 1. The number of amides is 1. The fourth-order valence-corrected chi connectivity index (χ4v) is 5.71. The molecule has 0 aromatic carbocycles. The van der Waals surface area contributed by atoms with Crippen LogP contribution in [-0.4, -0.2) is 92.3 Å². The highest BCUT2D eigenvalue weighted by molar-refractivity contribution is 7.89. The van der Waals surface area contributed by atoms with Crippen molar-refractivity contribution in [2.75, 3.05) is 36.8 Å². The Bertz CT molecular complexity index is 1340. The second kappa shape index (κ2) is 13.0. The average Bonchev–Trinajstić information content (AvgIpc) is 2.96. The number of carbonyl (C=O) groups excluding carboxylic acids is 1. The first-order valence-corrected chi connectivity index (χ1v) is 13.7. The molecule has 198 valence electrons. The highest BCUT2D eigenvalue weighted by Gasteiger charge is 2.32. The number of hydrogen-bond acceptors (Lipinski definition) is 10. The van der Waals surface area contributed by atoms with Gasteiger partial charge in [-0.05, 0) is 37.0 Å². The van der Waals surface area contributed by atoms with Crippen molar-refractivity contribution >= 4 is 22.4 Å². The molecule has 0 spiro atoms. The molecule has 1 saturated heterocycles. The minimum atomic E-state index is -3.73. The smallest absolute Gasteiger partial charge is 0.233 e. The summed E-state index contributed by atoms with van der Waals surface area (Å²) in [6.07, 6.45) is 9.74. The Balaban J connectivity index is 1.30. The Labute approximate surface area is 221 Å². The van der Waals surface area contributed by atoms with Crippen LogP contribution in [0.4, 0.5) is 5.95 Å². The molecule has 3 aromatic heterocycles. The van der Waals surface area contributed by atoms with Gasteiger partial charge in [0.1, 0.15) is 11.5 Å². The van der Waals surface area contributed by atoms with E-state index >= 15 is 0 Å². The first kappa shape index (κ1) is 27.1. The van der Waals surface area contributed by atoms with Gasteiger partial charge in [-0.15, -0.1) is 0 Å². The number of piperazine rings is 1. The van der Waals surface area contributed by atoms with E-state index in [1.54, 1.807) is 37.1 Å². The van der Waals surface area contributed by atoms with E-state index in [9.17, 15) is 18.4 Å². The zero-order valence-electron chi connectivity index (χ0n) is 20.7. The van der Waals surface area contributed by atoms with Gasteiger partial charge in [0.25, 0.3) is 0 Å². The molecule has 13 heteroatoms. The van der Waals surface area contributed by atoms with Gasteiger partial charge in [0.05, 0.1) is 17.4 Å². The second-order valence-corrected chi connectivity index (χ2v) is 10.6. The summed E-state index contributed by atoms with van der Waals surface area (Å²) >= 11 is 0. The van der Waals surface area contributed by atoms with Gasteiger partial charge in [0.2, 0.25) is 22.4 Å². The lowest BCUT2D eigenvalue weighted by Crippen LogP contribution is -2.51. The molecule has 12 nitrogen and oxygen atoms in total. The third-order valence-electron chi connectivity index (χ3n) is 5.99. The maximum absolute atomic E-state index is 13.1. The summed E-state index contributed by atoms with van der Waals surface area (Å²) in [5.41, 5.74) is 1.30. The fourth-order valence-electron chi connectivity index (χ4n) is 3.97. The molecule has 1 atom stereocenters. The van der Waals surface area contributed by atoms with Gasteiger partial charge in [-0.1, -0.05) is 12.0 Å². The molecule has 3 aromatic rings. The summed E-state index contributed by atoms with van der Waals surface area (Å²) in [5.74, 6) is 6.67. The summed E-state index contributed by atoms with van der Waals surface area (Å²) in [7, 11) is -3.73. The standard InChI is InChI=1S/C25H28N8O4S/c34-20-33(35)23(6-3-7-24-27-11-4-12-28-24)19-38(36,37)32-15-13-31(14-16-32)25-29-17-21(18-30-25)8-9-22-5-1-2-10-26-22/h1-2,4-5,10-12,17-18,20,23,35H,3,6-7,13-16,19H2. The van der Waals surface area contributed by atoms with Crippen molar-refractivity contribution in [3.63, 3.8) is 0 Å². The quantitative estimate of drug-likeness (QED) is 0.170. The SMILES string of the molecule is O=CN(O)C(CCCc1ncccn1)CS(=O)(=O)N1CCN(c2ncc(C#Cc3ccccn3)cn2)CC1. The van der Waals surface area contributed by atoms with Crippen LogP contribution < -0.4 is 4.90 Å². The van der Waals surface area contributed by atoms with Crippen molar-refractivity contribution in [2.45, 2.75) is 25.3 Å². The van der Waals surface area contributed by atoms with Gasteiger partial charge < -0.3 is 4.90 Å². The molecule has 1 fully saturated rings. The van der Waals surface area contributed by atoms with Gasteiger partial charge in [0, 0.05) is 63.6 Å². The third kappa shape index (κ3) is 7.51. The van der Waals surface area contributed by atoms with Crippen molar-refractivity contribution in [1.29, 1.82) is 0 Å². The molecule has 0 bridgehead atoms. The molecule has 4 heterocycles. The Hall–Kier alpha value is -3.99. The topological polar surface area (TPSA) is 146 Å². The van der Waals surface area contributed by atoms with E-state index in [0.717, 1.165) is 0 Å². The Morgan fingerprint density at radius 2 is 1.68 bits per heavy atom. The largest absolute Gasteiger partial charge is 0.338 e. The summed E-state index contributed by atoms with van der Waals surface area (Å²) in [6.45, 7) is 1.30. The minimum absolute atomic E-state index is 0.235. The third-order valence-corrected chi connectivity index (χ3v) is 7.95. The van der Waals surface area contributed by atoms with Crippen molar-refractivity contribution in [3.8, 4) is 11.8 Å². The number of sulfonamides is 1. The predicted molar refractivity (Wildman–Crippen MR) is 138 cm³/mol. The van der Waals surface area contributed by atoms with Gasteiger partial charge in [-0.3, -0.25) is 10.0 Å². The monoisotopic (exact) mass is 536 g/mol. The lowest BCUT2D eigenvalue weighted by molar-refractivity contribution is -0.158. The Morgan fingerprint density at radius 3 is 2.34 bits per heavy atom. The summed E-state index contributed by atoms with van der Waals surface area (Å²) in [5, 5.41) is 10.4. The average molecular weight is 537 g/mol. The van der Waals surface area contributed by atoms with Crippen LogP contribution in [0.15, 0.2) is 55.2 Å². The molecular formula is C25H28N8O4S. The number of rotatable bonds is 10. The predicted octanol–water partition coefficient (Wildman–Crippen LogP) is 0.752. The van der Waals surface area contributed by atoms with Gasteiger partial charge in [-0.2, -0.15) is 4.31 Å². The molecule has 38 heavy (non-hydrogen) atoms. The summed E-state index contributed by atoms with van der Waals surface area (Å²) in [6, 6.07) is 6.33. The number of carbonyl (C=O) groups is 1. The number of hydrogen-bond donors (Lipinski definition) is 1. The maximum Gasteiger partial charge on any atom is 0.233 e. The second-order valence-electron chi connectivity index (χ2n) is 8.60. The van der Waals surface area contributed by atoms with E-state index < -0.39 is 16.1 Å². The molecule has 1 unspecified atom stereocenters. The van der Waals surface area contributed by atoms with E-state index in [-0.39, 0.29) is 31.7 Å². The first-order chi connectivity index (χ1) is 18.4. The molecule has 4 rings (SSSR count). The van der Waals surface area contributed by atoms with Crippen LogP contribution in [0.3, 0.4) is 0 Å². The fraction of sp³-hybridized carbons (Fsp3) is 0.360. The molecule has 1 aliphatic heterocycles. The lowest BCUT2D eigenvalue weighted by atomic mass is 10.1. The van der Waals surface area contributed by atoms with E-state index in [0.29, 0.717) is 54.0 Å². The van der Waals surface area contributed by atoms with Crippen LogP contribution in [0, 0.1) is 11.8 Å². The van der Waals surface area contributed by atoms with Crippen LogP contribution in [0.2, 0.25) is 0 Å². The number of aromatic nitrogens is 5. The molecule has 1 N–H and O–H groups in total. The van der Waals surface area contributed by atoms with Crippen molar-refractivity contribution < 1.29 is 18.4 Å². The van der Waals surface area contributed by atoms with Crippen LogP contribution in [0.1, 0.15) is 29.9 Å². The zero-order valence-corrected chi connectivity index (χ0v) is 21.5. The number of anilines is 1. The van der Waals surface area contributed by atoms with E-state index in [1.165, 1.54) is 4.31 Å². The molecule has 0 saturated carbocycles. The van der Waals surface area contributed by atoms with Crippen LogP contribution in [-0.2, 0) is 21.2 Å². The molecular weight excluding hydrogens is 508 g/mol. The first-order valence-electron chi connectivity index (χ1n) is 12.1. The lowest BCUT2D eigenvalue weighted by Gasteiger charge is -2.35. The number of nitrogens with zero attached hydrogens (tertiary/aromatic N) is 8. The van der Waals surface area contributed by atoms with Crippen LogP contribution in [0.5, 0.6) is 0 Å². The Morgan fingerprint density at radius 1 is 0.974 bits per heavy atom. The molecule has 1 amide bonds. The van der Waals surface area contributed by atoms with Crippen molar-refractivity contribution in [1.82, 2.24) is 34.3 Å². The highest BCUT2D eigenvalue weighted by atomic mass is 32.2. The summed E-state index contributed by atoms with van der Waals surface area (Å²) < 4.78 is 27.6. The van der Waals surface area contributed by atoms with E-state index in [4.69, 9.17) is 0 Å². The Kier molecular flexibility index (Phi) is 9.26. The molecule has 0 radical (unpaired) electrons. The van der Waals surface area contributed by atoms with E-state index in [2.05, 4.69) is 36.8 Å². The van der Waals surface area contributed by atoms with Gasteiger partial charge in [-0.25, -0.2) is 38.4 Å². The van der Waals surface area contributed by atoms with Gasteiger partial charge >= 0.3 is 0 Å². The highest BCUT2D eigenvalue weighted by Crippen LogP contribution is 2.17. The normalized spacial score (nSPS) is 14.8. The zero-order chi connectivity index (χ0) is 26.8. The summed E-state index contributed by atoms with van der Waals surface area (Å²) in [4.78, 5) is 34.3.